The Kier molecular flexibility index (Phi) is 20.9. The van der Waals surface area contributed by atoms with Gasteiger partial charge in [-0.3, -0.25) is 4.48 Å². The number of unbranched alkanes of at least 4 members (excludes halogenated alkanes) is 17. The molecule has 196 valence electrons. The van der Waals surface area contributed by atoms with Gasteiger partial charge in [-0.15, -0.1) is 0 Å². The Morgan fingerprint density at radius 1 is 0.636 bits per heavy atom. The van der Waals surface area contributed by atoms with Crippen LogP contribution in [-0.2, 0) is 4.57 Å². The van der Waals surface area contributed by atoms with E-state index in [1.807, 2.05) is 28.1 Å². The Morgan fingerprint density at radius 3 is 1.33 bits per heavy atom. The van der Waals surface area contributed by atoms with E-state index in [1.165, 1.54) is 109 Å². The van der Waals surface area contributed by atoms with Crippen molar-refractivity contribution in [3.63, 3.8) is 0 Å². The number of rotatable bonds is 24. The summed E-state index contributed by atoms with van der Waals surface area (Å²) in [5.74, 6) is 0. The smallest absolute Gasteiger partial charge is 0.376 e. The molecule has 4 heteroatoms. The number of allylic oxidation sites excluding steroid dienone is 2. The first-order chi connectivity index (χ1) is 15.8. The van der Waals surface area contributed by atoms with Crippen LogP contribution < -0.4 is 4.89 Å². The quantitative estimate of drug-likeness (QED) is 0.0592. The lowest BCUT2D eigenvalue weighted by molar-refractivity contribution is -0.910. The summed E-state index contributed by atoms with van der Waals surface area (Å²) in [5, 5.41) is -0.600. The maximum absolute atomic E-state index is 12.0. The van der Waals surface area contributed by atoms with E-state index in [2.05, 4.69) is 19.1 Å². The van der Waals surface area contributed by atoms with Crippen LogP contribution in [0.15, 0.2) is 12.2 Å². The predicted molar refractivity (Wildman–Crippen MR) is 146 cm³/mol. The van der Waals surface area contributed by atoms with Gasteiger partial charge in [0.1, 0.15) is 0 Å². The van der Waals surface area contributed by atoms with Crippen LogP contribution in [0.4, 0.5) is 0 Å². The second-order valence-electron chi connectivity index (χ2n) is 11.1. The summed E-state index contributed by atoms with van der Waals surface area (Å²) < 4.78 is 12.5. The molecule has 2 unspecified atom stereocenters. The van der Waals surface area contributed by atoms with Gasteiger partial charge < -0.3 is 4.89 Å². The molecule has 0 aromatic rings. The van der Waals surface area contributed by atoms with Crippen LogP contribution in [0.25, 0.3) is 0 Å². The molecular formula is C29H59NO2P+. The van der Waals surface area contributed by atoms with Gasteiger partial charge in [0.15, 0.2) is 0 Å². The number of hydrogen-bond donors (Lipinski definition) is 0. The monoisotopic (exact) mass is 484 g/mol. The van der Waals surface area contributed by atoms with E-state index in [1.54, 1.807) is 0 Å². The van der Waals surface area contributed by atoms with Crippen molar-refractivity contribution in [2.45, 2.75) is 154 Å². The highest BCUT2D eigenvalue weighted by Crippen LogP contribution is 2.44. The number of quaternary nitrogens is 1. The minimum atomic E-state index is -2.42. The average Bonchev–Trinajstić information content (AvgIpc) is 2.76. The van der Waals surface area contributed by atoms with Gasteiger partial charge in [0.25, 0.3) is 5.28 Å². The largest absolute Gasteiger partial charge is 0.590 e. The van der Waals surface area contributed by atoms with Gasteiger partial charge in [-0.2, -0.15) is 0 Å². The highest BCUT2D eigenvalue weighted by Gasteiger charge is 2.52. The van der Waals surface area contributed by atoms with Crippen molar-refractivity contribution in [2.75, 3.05) is 21.1 Å². The van der Waals surface area contributed by atoms with Crippen LogP contribution in [0.5, 0.6) is 0 Å². The van der Waals surface area contributed by atoms with Crippen LogP contribution >= 0.6 is 8.03 Å². The Bertz CT molecular complexity index is 487. The van der Waals surface area contributed by atoms with E-state index in [0.717, 1.165) is 19.3 Å². The van der Waals surface area contributed by atoms with Crippen molar-refractivity contribution < 1.29 is 13.9 Å². The molecule has 0 saturated heterocycles. The minimum Gasteiger partial charge on any atom is -0.590 e. The van der Waals surface area contributed by atoms with Crippen LogP contribution in [0, 0.1) is 0 Å². The van der Waals surface area contributed by atoms with E-state index in [0.29, 0.717) is 10.9 Å². The van der Waals surface area contributed by atoms with E-state index < -0.39 is 13.3 Å². The Morgan fingerprint density at radius 2 is 1.00 bits per heavy atom. The first-order valence-corrected chi connectivity index (χ1v) is 15.6. The summed E-state index contributed by atoms with van der Waals surface area (Å²) in [6, 6.07) is 0. The highest BCUT2D eigenvalue weighted by atomic mass is 31.1. The van der Waals surface area contributed by atoms with Crippen LogP contribution in [0.2, 0.25) is 0 Å². The van der Waals surface area contributed by atoms with Crippen LogP contribution in [0.1, 0.15) is 149 Å². The fourth-order valence-corrected chi connectivity index (χ4v) is 6.08. The van der Waals surface area contributed by atoms with Gasteiger partial charge >= 0.3 is 8.03 Å². The van der Waals surface area contributed by atoms with E-state index in [-0.39, 0.29) is 0 Å². The lowest BCUT2D eigenvalue weighted by Gasteiger charge is -2.39. The van der Waals surface area contributed by atoms with Gasteiger partial charge in [0.05, 0.1) is 21.1 Å². The average molecular weight is 485 g/mol. The molecule has 0 aromatic carbocycles. The molecular weight excluding hydrogens is 425 g/mol. The molecule has 0 radical (unpaired) electrons. The molecule has 0 N–H and O–H groups in total. The summed E-state index contributed by atoms with van der Waals surface area (Å²) in [5.41, 5.74) is 0. The SMILES string of the molecule is CCCCCCCCCCC/C=C\CCCCCCCCCCC(CC)([P+](=O)[O-])[N+](C)(C)C. The van der Waals surface area contributed by atoms with E-state index in [4.69, 9.17) is 0 Å². The maximum Gasteiger partial charge on any atom is 0.376 e. The standard InChI is InChI=1S/C29H59NO2P/c1-6-8-9-10-11-12-13-14-15-16-17-18-19-20-21-22-23-24-25-26-27-28-29(7-2,33(31)32)30(3,4)5/h17-18H,6-16,19-28H2,1-5H3/q+1/b18-17-. The molecule has 0 aliphatic carbocycles. The Balaban J connectivity index is 3.50. The fourth-order valence-electron chi connectivity index (χ4n) is 4.99. The molecule has 2 atom stereocenters. The molecule has 0 saturated carbocycles. The zero-order valence-electron chi connectivity index (χ0n) is 23.2. The molecule has 0 amide bonds. The summed E-state index contributed by atoms with van der Waals surface area (Å²) >= 11 is 0. The zero-order chi connectivity index (χ0) is 24.8. The summed E-state index contributed by atoms with van der Waals surface area (Å²) in [6.07, 6.45) is 31.6. The normalized spacial score (nSPS) is 14.7. The van der Waals surface area contributed by atoms with Crippen LogP contribution in [0.3, 0.4) is 0 Å². The van der Waals surface area contributed by atoms with Gasteiger partial charge in [0.2, 0.25) is 0 Å². The molecule has 0 aliphatic rings. The van der Waals surface area contributed by atoms with Crippen molar-refractivity contribution in [3.05, 3.63) is 12.2 Å². The molecule has 0 spiro atoms. The lowest BCUT2D eigenvalue weighted by Crippen LogP contribution is -2.55. The van der Waals surface area contributed by atoms with Gasteiger partial charge in [0, 0.05) is 12.8 Å². The van der Waals surface area contributed by atoms with E-state index in [9.17, 15) is 9.46 Å². The lowest BCUT2D eigenvalue weighted by atomic mass is 10.0. The summed E-state index contributed by atoms with van der Waals surface area (Å²) in [4.78, 5) is 12.0. The first kappa shape index (κ1) is 32.8. The second kappa shape index (κ2) is 21.1. The van der Waals surface area contributed by atoms with Crippen molar-refractivity contribution in [2.24, 2.45) is 0 Å². The number of nitrogens with zero attached hydrogens (tertiary/aromatic N) is 1. The third-order valence-electron chi connectivity index (χ3n) is 7.49. The molecule has 33 heavy (non-hydrogen) atoms. The zero-order valence-corrected chi connectivity index (χ0v) is 24.1. The third kappa shape index (κ3) is 16.1. The van der Waals surface area contributed by atoms with Crippen LogP contribution in [-0.4, -0.2) is 30.9 Å². The topological polar surface area (TPSA) is 40.1 Å². The summed E-state index contributed by atoms with van der Waals surface area (Å²) in [7, 11) is 3.63. The number of hydrogen-bond acceptors (Lipinski definition) is 2. The first-order valence-electron chi connectivity index (χ1n) is 14.4. The predicted octanol–water partition coefficient (Wildman–Crippen LogP) is 9.28. The van der Waals surface area contributed by atoms with Gasteiger partial charge in [-0.1, -0.05) is 120 Å². The van der Waals surface area contributed by atoms with Crippen molar-refractivity contribution in [1.82, 2.24) is 0 Å². The minimum absolute atomic E-state index is 0.510. The molecule has 0 aromatic heterocycles. The molecule has 0 bridgehead atoms. The third-order valence-corrected chi connectivity index (χ3v) is 9.31. The Hall–Kier alpha value is -0.240. The van der Waals surface area contributed by atoms with Gasteiger partial charge in [-0.25, -0.2) is 0 Å². The van der Waals surface area contributed by atoms with Gasteiger partial charge in [-0.05, 0) is 32.1 Å². The van der Waals surface area contributed by atoms with Crippen molar-refractivity contribution in [1.29, 1.82) is 0 Å². The molecule has 3 nitrogen and oxygen atoms in total. The van der Waals surface area contributed by atoms with E-state index >= 15 is 0 Å². The van der Waals surface area contributed by atoms with Crippen molar-refractivity contribution in [3.8, 4) is 0 Å². The van der Waals surface area contributed by atoms with Crippen molar-refractivity contribution >= 4 is 8.03 Å². The molecule has 0 fully saturated rings. The fraction of sp³-hybridized carbons (Fsp3) is 0.931. The second-order valence-corrected chi connectivity index (χ2v) is 12.4. The summed E-state index contributed by atoms with van der Waals surface area (Å²) in [6.45, 7) is 4.30. The molecule has 0 heterocycles. The maximum atomic E-state index is 12.0. The Labute approximate surface area is 209 Å². The highest BCUT2D eigenvalue weighted by molar-refractivity contribution is 7.38. The molecule has 0 aliphatic heterocycles. The molecule has 0 rings (SSSR count).